The van der Waals surface area contributed by atoms with E-state index in [1.54, 1.807) is 0 Å². The van der Waals surface area contributed by atoms with Crippen LogP contribution < -0.4 is 11.1 Å². The Labute approximate surface area is 129 Å². The summed E-state index contributed by atoms with van der Waals surface area (Å²) in [5.41, 5.74) is 5.86. The summed E-state index contributed by atoms with van der Waals surface area (Å²) in [4.78, 5) is 11.9. The molecule has 4 nitrogen and oxygen atoms in total. The van der Waals surface area contributed by atoms with E-state index in [4.69, 9.17) is 10.5 Å². The van der Waals surface area contributed by atoms with E-state index in [-0.39, 0.29) is 30.5 Å². The average molecular weight is 323 g/mol. The van der Waals surface area contributed by atoms with Crippen LogP contribution in [0.4, 0.5) is 8.78 Å². The summed E-state index contributed by atoms with van der Waals surface area (Å²) in [5, 5.41) is 2.67. The maximum Gasteiger partial charge on any atom is 0.239 e. The van der Waals surface area contributed by atoms with Gasteiger partial charge in [-0.05, 0) is 12.0 Å². The first-order chi connectivity index (χ1) is 9.36. The van der Waals surface area contributed by atoms with Crippen LogP contribution in [0, 0.1) is 17.6 Å². The van der Waals surface area contributed by atoms with Crippen LogP contribution >= 0.6 is 12.4 Å². The Morgan fingerprint density at radius 1 is 1.38 bits per heavy atom. The van der Waals surface area contributed by atoms with Crippen molar-refractivity contribution in [3.63, 3.8) is 0 Å². The third kappa shape index (κ3) is 5.57. The van der Waals surface area contributed by atoms with Gasteiger partial charge in [0, 0.05) is 18.7 Å². The molecule has 0 spiro atoms. The fraction of sp³-hybridized carbons (Fsp3) is 0.500. The zero-order valence-corrected chi connectivity index (χ0v) is 13.0. The number of carbonyl (C=O) groups excluding carboxylic acids is 1. The molecule has 2 atom stereocenters. The van der Waals surface area contributed by atoms with Crippen molar-refractivity contribution in [2.75, 3.05) is 13.7 Å². The van der Waals surface area contributed by atoms with E-state index in [1.807, 2.05) is 13.8 Å². The van der Waals surface area contributed by atoms with Crippen LogP contribution in [0.15, 0.2) is 18.2 Å². The quantitative estimate of drug-likeness (QED) is 0.843. The van der Waals surface area contributed by atoms with Gasteiger partial charge in [-0.1, -0.05) is 19.9 Å². The molecular weight excluding hydrogens is 302 g/mol. The molecular formula is C14H21ClF2N2O2. The van der Waals surface area contributed by atoms with Crippen molar-refractivity contribution >= 4 is 18.3 Å². The first-order valence-electron chi connectivity index (χ1n) is 6.36. The second-order valence-corrected chi connectivity index (χ2v) is 4.96. The molecule has 3 N–H and O–H groups in total. The van der Waals surface area contributed by atoms with Crippen LogP contribution in [0.2, 0.25) is 0 Å². The number of amides is 1. The number of methoxy groups -OCH3 is 1. The van der Waals surface area contributed by atoms with Crippen LogP contribution in [0.25, 0.3) is 0 Å². The van der Waals surface area contributed by atoms with E-state index in [0.717, 1.165) is 12.1 Å². The summed E-state index contributed by atoms with van der Waals surface area (Å²) in [7, 11) is 1.44. The van der Waals surface area contributed by atoms with Gasteiger partial charge in [0.25, 0.3) is 0 Å². The number of hydrogen-bond acceptors (Lipinski definition) is 3. The van der Waals surface area contributed by atoms with Crippen LogP contribution in [0.3, 0.4) is 0 Å². The minimum Gasteiger partial charge on any atom is -0.383 e. The highest BCUT2D eigenvalue weighted by molar-refractivity contribution is 5.85. The molecule has 2 unspecified atom stereocenters. The number of carbonyl (C=O) groups is 1. The van der Waals surface area contributed by atoms with E-state index in [9.17, 15) is 13.6 Å². The smallest absolute Gasteiger partial charge is 0.239 e. The van der Waals surface area contributed by atoms with Gasteiger partial charge in [0.2, 0.25) is 5.91 Å². The number of nitrogens with one attached hydrogen (secondary N) is 1. The zero-order chi connectivity index (χ0) is 15.3. The van der Waals surface area contributed by atoms with Crippen molar-refractivity contribution in [3.8, 4) is 0 Å². The molecule has 1 aromatic carbocycles. The summed E-state index contributed by atoms with van der Waals surface area (Å²) < 4.78 is 31.6. The van der Waals surface area contributed by atoms with Gasteiger partial charge in [0.05, 0.1) is 12.6 Å². The Kier molecular flexibility index (Phi) is 8.39. The Morgan fingerprint density at radius 2 is 2.00 bits per heavy atom. The van der Waals surface area contributed by atoms with Crippen LogP contribution in [0.5, 0.6) is 0 Å². The number of rotatable bonds is 6. The number of benzene rings is 1. The lowest BCUT2D eigenvalue weighted by molar-refractivity contribution is -0.124. The molecule has 0 bridgehead atoms. The maximum absolute atomic E-state index is 13.8. The minimum absolute atomic E-state index is 0. The molecule has 0 fully saturated rings. The fourth-order valence-electron chi connectivity index (χ4n) is 1.87. The lowest BCUT2D eigenvalue weighted by atomic mass is 9.95. The highest BCUT2D eigenvalue weighted by atomic mass is 35.5. The van der Waals surface area contributed by atoms with Gasteiger partial charge in [-0.3, -0.25) is 4.79 Å². The van der Waals surface area contributed by atoms with Gasteiger partial charge in [-0.25, -0.2) is 8.78 Å². The molecule has 7 heteroatoms. The number of nitrogens with two attached hydrogens (primary N) is 1. The van der Waals surface area contributed by atoms with E-state index >= 15 is 0 Å². The van der Waals surface area contributed by atoms with Crippen LogP contribution in [-0.2, 0) is 9.53 Å². The average Bonchev–Trinajstić information content (AvgIpc) is 2.36. The van der Waals surface area contributed by atoms with Gasteiger partial charge in [-0.2, -0.15) is 0 Å². The van der Waals surface area contributed by atoms with Gasteiger partial charge >= 0.3 is 0 Å². The highest BCUT2D eigenvalue weighted by Crippen LogP contribution is 2.24. The maximum atomic E-state index is 13.8. The summed E-state index contributed by atoms with van der Waals surface area (Å²) in [6, 6.07) is 1.88. The van der Waals surface area contributed by atoms with E-state index in [0.29, 0.717) is 0 Å². The molecule has 0 aliphatic rings. The molecule has 1 amide bonds. The third-order valence-corrected chi connectivity index (χ3v) is 2.94. The zero-order valence-electron chi connectivity index (χ0n) is 12.2. The van der Waals surface area contributed by atoms with Crippen molar-refractivity contribution in [2.45, 2.75) is 25.9 Å². The largest absolute Gasteiger partial charge is 0.383 e. The van der Waals surface area contributed by atoms with Gasteiger partial charge < -0.3 is 15.8 Å². The highest BCUT2D eigenvalue weighted by Gasteiger charge is 2.24. The van der Waals surface area contributed by atoms with Crippen molar-refractivity contribution in [3.05, 3.63) is 35.4 Å². The number of ether oxygens (including phenoxy) is 1. The van der Waals surface area contributed by atoms with Crippen molar-refractivity contribution in [1.29, 1.82) is 0 Å². The summed E-state index contributed by atoms with van der Waals surface area (Å²) in [5.74, 6) is -1.86. The Hall–Kier alpha value is -1.24. The molecule has 120 valence electrons. The number of hydrogen-bond donors (Lipinski definition) is 2. The Balaban J connectivity index is 0.00000400. The first-order valence-corrected chi connectivity index (χ1v) is 6.36. The standard InChI is InChI=1S/C14H20F2N2O2.ClH/c1-8(2)13(18-14(19)12(17)7-20-3)10-5-4-9(15)6-11(10)16;/h4-6,8,12-13H,7,17H2,1-3H3,(H,18,19);1H. The number of halogens is 3. The summed E-state index contributed by atoms with van der Waals surface area (Å²) in [6.07, 6.45) is 0. The molecule has 0 aliphatic carbocycles. The lowest BCUT2D eigenvalue weighted by Gasteiger charge is -2.25. The van der Waals surface area contributed by atoms with Crippen molar-refractivity contribution < 1.29 is 18.3 Å². The molecule has 0 aromatic heterocycles. The van der Waals surface area contributed by atoms with Gasteiger partial charge in [0.1, 0.15) is 17.7 Å². The van der Waals surface area contributed by atoms with E-state index < -0.39 is 29.6 Å². The molecule has 21 heavy (non-hydrogen) atoms. The molecule has 0 aliphatic heterocycles. The van der Waals surface area contributed by atoms with Crippen molar-refractivity contribution in [2.24, 2.45) is 11.7 Å². The first kappa shape index (κ1) is 19.8. The van der Waals surface area contributed by atoms with Crippen molar-refractivity contribution in [1.82, 2.24) is 5.32 Å². The van der Waals surface area contributed by atoms with E-state index in [1.165, 1.54) is 13.2 Å². The third-order valence-electron chi connectivity index (χ3n) is 2.94. The van der Waals surface area contributed by atoms with Gasteiger partial charge in [-0.15, -0.1) is 12.4 Å². The Bertz CT molecular complexity index is 472. The normalized spacial score (nSPS) is 13.5. The SMILES string of the molecule is COCC(N)C(=O)NC(c1ccc(F)cc1F)C(C)C.Cl. The minimum atomic E-state index is -0.829. The predicted molar refractivity (Wildman–Crippen MR) is 79.2 cm³/mol. The molecule has 0 saturated carbocycles. The predicted octanol–water partition coefficient (Wildman–Crippen LogP) is 2.17. The molecule has 0 saturated heterocycles. The summed E-state index contributed by atoms with van der Waals surface area (Å²) >= 11 is 0. The lowest BCUT2D eigenvalue weighted by Crippen LogP contribution is -2.46. The topological polar surface area (TPSA) is 64.3 Å². The van der Waals surface area contributed by atoms with Crippen LogP contribution in [0.1, 0.15) is 25.5 Å². The second-order valence-electron chi connectivity index (χ2n) is 4.96. The Morgan fingerprint density at radius 3 is 2.48 bits per heavy atom. The monoisotopic (exact) mass is 322 g/mol. The fourth-order valence-corrected chi connectivity index (χ4v) is 1.87. The van der Waals surface area contributed by atoms with Gasteiger partial charge in [0.15, 0.2) is 0 Å². The molecule has 0 heterocycles. The molecule has 1 rings (SSSR count). The molecule has 0 radical (unpaired) electrons. The van der Waals surface area contributed by atoms with Crippen LogP contribution in [-0.4, -0.2) is 25.7 Å². The second kappa shape index (κ2) is 8.92. The summed E-state index contributed by atoms with van der Waals surface area (Å²) in [6.45, 7) is 3.73. The van der Waals surface area contributed by atoms with E-state index in [2.05, 4.69) is 5.32 Å². The molecule has 1 aromatic rings.